The topological polar surface area (TPSA) is 55.0 Å². The lowest BCUT2D eigenvalue weighted by atomic mass is 10.1. The Morgan fingerprint density at radius 3 is 2.94 bits per heavy atom. The van der Waals surface area contributed by atoms with Crippen molar-refractivity contribution >= 4 is 10.9 Å². The molecular weight excluding hydrogens is 224 g/mol. The molecule has 0 spiro atoms. The monoisotopic (exact) mass is 240 g/mol. The Hall–Kier alpha value is -2.00. The first-order valence-electron chi connectivity index (χ1n) is 6.15. The summed E-state index contributed by atoms with van der Waals surface area (Å²) in [5, 5.41) is 1.24. The van der Waals surface area contributed by atoms with Crippen LogP contribution in [0.2, 0.25) is 0 Å². The minimum atomic E-state index is 0.631. The average molecular weight is 240 g/mol. The molecule has 0 aliphatic rings. The summed E-state index contributed by atoms with van der Waals surface area (Å²) in [6.45, 7) is 2.74. The van der Waals surface area contributed by atoms with Crippen LogP contribution in [0, 0.1) is 6.92 Å². The number of nitrogens with one attached hydrogen (secondary N) is 1. The maximum absolute atomic E-state index is 5.61. The van der Waals surface area contributed by atoms with Gasteiger partial charge >= 0.3 is 0 Å². The second-order valence-electron chi connectivity index (χ2n) is 4.53. The fourth-order valence-corrected chi connectivity index (χ4v) is 2.35. The third kappa shape index (κ3) is 1.73. The van der Waals surface area contributed by atoms with Crippen LogP contribution in [0.4, 0.5) is 0 Å². The van der Waals surface area contributed by atoms with Crippen LogP contribution in [-0.4, -0.2) is 11.5 Å². The van der Waals surface area contributed by atoms with Crippen molar-refractivity contribution in [1.82, 2.24) is 4.98 Å². The zero-order chi connectivity index (χ0) is 12.5. The zero-order valence-electron chi connectivity index (χ0n) is 10.4. The summed E-state index contributed by atoms with van der Waals surface area (Å²) in [5.41, 5.74) is 10.2. The Labute approximate surface area is 106 Å². The highest BCUT2D eigenvalue weighted by Crippen LogP contribution is 2.29. The van der Waals surface area contributed by atoms with Crippen molar-refractivity contribution in [1.29, 1.82) is 0 Å². The summed E-state index contributed by atoms with van der Waals surface area (Å²) >= 11 is 0. The molecule has 0 amide bonds. The van der Waals surface area contributed by atoms with Gasteiger partial charge in [-0.05, 0) is 43.7 Å². The number of nitrogens with two attached hydrogens (primary N) is 1. The minimum absolute atomic E-state index is 0.631. The lowest BCUT2D eigenvalue weighted by Gasteiger charge is -1.97. The lowest BCUT2D eigenvalue weighted by Crippen LogP contribution is -2.02. The Bertz CT molecular complexity index is 679. The Morgan fingerprint density at radius 2 is 2.17 bits per heavy atom. The number of aryl methyl sites for hydroxylation is 1. The second kappa shape index (κ2) is 4.35. The molecule has 0 aliphatic heterocycles. The highest BCUT2D eigenvalue weighted by atomic mass is 16.3. The van der Waals surface area contributed by atoms with E-state index in [0.717, 1.165) is 29.0 Å². The summed E-state index contributed by atoms with van der Waals surface area (Å²) in [6, 6.07) is 10.4. The molecule has 0 bridgehead atoms. The number of benzene rings is 1. The molecule has 18 heavy (non-hydrogen) atoms. The maximum Gasteiger partial charge on any atom is 0.153 e. The number of H-pyrrole nitrogens is 1. The molecule has 0 atom stereocenters. The third-order valence-corrected chi connectivity index (χ3v) is 3.29. The number of furan rings is 1. The van der Waals surface area contributed by atoms with E-state index < -0.39 is 0 Å². The number of aromatic nitrogens is 1. The fourth-order valence-electron chi connectivity index (χ4n) is 2.35. The fraction of sp³-hybridized carbons (Fsp3) is 0.200. The van der Waals surface area contributed by atoms with Crippen LogP contribution in [0.3, 0.4) is 0 Å². The highest BCUT2D eigenvalue weighted by molar-refractivity contribution is 5.88. The van der Waals surface area contributed by atoms with Crippen molar-refractivity contribution in [3.63, 3.8) is 0 Å². The molecule has 3 N–H and O–H groups in total. The van der Waals surface area contributed by atoms with Gasteiger partial charge in [0, 0.05) is 16.5 Å². The van der Waals surface area contributed by atoms with E-state index in [1.807, 2.05) is 6.07 Å². The van der Waals surface area contributed by atoms with Gasteiger partial charge in [-0.3, -0.25) is 0 Å². The van der Waals surface area contributed by atoms with E-state index in [4.69, 9.17) is 10.2 Å². The van der Waals surface area contributed by atoms with Crippen LogP contribution >= 0.6 is 0 Å². The molecular formula is C15H16N2O. The lowest BCUT2D eigenvalue weighted by molar-refractivity contribution is 0.577. The van der Waals surface area contributed by atoms with Crippen LogP contribution < -0.4 is 5.73 Å². The Balaban J connectivity index is 2.14. The standard InChI is InChI=1S/C15H16N2O/c1-10-3-2-4-13-12(10)9-14(17-13)15-11(5-7-16)6-8-18-15/h2-4,6,8-9,17H,5,7,16H2,1H3. The number of hydrogen-bond acceptors (Lipinski definition) is 2. The molecule has 2 heterocycles. The smallest absolute Gasteiger partial charge is 0.153 e. The van der Waals surface area contributed by atoms with Gasteiger partial charge in [0.1, 0.15) is 0 Å². The van der Waals surface area contributed by atoms with Crippen LogP contribution in [0.25, 0.3) is 22.4 Å². The van der Waals surface area contributed by atoms with Crippen molar-refractivity contribution in [3.05, 3.63) is 47.7 Å². The van der Waals surface area contributed by atoms with Crippen molar-refractivity contribution in [2.75, 3.05) is 6.54 Å². The molecule has 3 heteroatoms. The molecule has 3 nitrogen and oxygen atoms in total. The first-order chi connectivity index (χ1) is 8.79. The van der Waals surface area contributed by atoms with Crippen LogP contribution in [0.1, 0.15) is 11.1 Å². The van der Waals surface area contributed by atoms with Crippen LogP contribution in [0.5, 0.6) is 0 Å². The molecule has 3 aromatic rings. The van der Waals surface area contributed by atoms with Crippen LogP contribution in [0.15, 0.2) is 41.0 Å². The van der Waals surface area contributed by atoms with Gasteiger partial charge in [-0.1, -0.05) is 12.1 Å². The molecule has 0 saturated carbocycles. The molecule has 1 aromatic carbocycles. The van der Waals surface area contributed by atoms with E-state index >= 15 is 0 Å². The number of fused-ring (bicyclic) bond motifs is 1. The largest absolute Gasteiger partial charge is 0.463 e. The van der Waals surface area contributed by atoms with Gasteiger partial charge in [0.15, 0.2) is 5.76 Å². The second-order valence-corrected chi connectivity index (χ2v) is 4.53. The molecule has 0 radical (unpaired) electrons. The van der Waals surface area contributed by atoms with Crippen molar-refractivity contribution in [2.24, 2.45) is 5.73 Å². The molecule has 3 rings (SSSR count). The van der Waals surface area contributed by atoms with Gasteiger partial charge in [0.25, 0.3) is 0 Å². The highest BCUT2D eigenvalue weighted by Gasteiger charge is 2.11. The third-order valence-electron chi connectivity index (χ3n) is 3.29. The van der Waals surface area contributed by atoms with E-state index in [1.165, 1.54) is 10.9 Å². The summed E-state index contributed by atoms with van der Waals surface area (Å²) in [4.78, 5) is 3.40. The number of rotatable bonds is 3. The Kier molecular flexibility index (Phi) is 2.68. The van der Waals surface area contributed by atoms with Gasteiger partial charge in [-0.15, -0.1) is 0 Å². The molecule has 0 aliphatic carbocycles. The van der Waals surface area contributed by atoms with Crippen LogP contribution in [-0.2, 0) is 6.42 Å². The predicted octanol–water partition coefficient (Wildman–Crippen LogP) is 3.24. The van der Waals surface area contributed by atoms with Gasteiger partial charge in [-0.25, -0.2) is 0 Å². The quantitative estimate of drug-likeness (QED) is 0.738. The maximum atomic E-state index is 5.61. The molecule has 92 valence electrons. The zero-order valence-corrected chi connectivity index (χ0v) is 10.4. The van der Waals surface area contributed by atoms with Crippen molar-refractivity contribution in [2.45, 2.75) is 13.3 Å². The SMILES string of the molecule is Cc1cccc2[nH]c(-c3occc3CCN)cc12. The molecule has 0 unspecified atom stereocenters. The number of aromatic amines is 1. The molecule has 0 saturated heterocycles. The van der Waals surface area contributed by atoms with E-state index in [-0.39, 0.29) is 0 Å². The van der Waals surface area contributed by atoms with Gasteiger partial charge in [-0.2, -0.15) is 0 Å². The first kappa shape index (κ1) is 11.1. The minimum Gasteiger partial charge on any atom is -0.463 e. The summed E-state index contributed by atoms with van der Waals surface area (Å²) in [7, 11) is 0. The van der Waals surface area contributed by atoms with Crippen molar-refractivity contribution < 1.29 is 4.42 Å². The van der Waals surface area contributed by atoms with Gasteiger partial charge < -0.3 is 15.1 Å². The van der Waals surface area contributed by atoms with Crippen molar-refractivity contribution in [3.8, 4) is 11.5 Å². The summed E-state index contributed by atoms with van der Waals surface area (Å²) in [5.74, 6) is 0.899. The molecule has 2 aromatic heterocycles. The van der Waals surface area contributed by atoms with E-state index in [2.05, 4.69) is 36.2 Å². The van der Waals surface area contributed by atoms with E-state index in [1.54, 1.807) is 6.26 Å². The summed E-state index contributed by atoms with van der Waals surface area (Å²) in [6.07, 6.45) is 2.55. The van der Waals surface area contributed by atoms with E-state index in [0.29, 0.717) is 6.54 Å². The van der Waals surface area contributed by atoms with E-state index in [9.17, 15) is 0 Å². The Morgan fingerprint density at radius 1 is 1.28 bits per heavy atom. The summed E-state index contributed by atoms with van der Waals surface area (Å²) < 4.78 is 5.59. The molecule has 0 fully saturated rings. The predicted molar refractivity (Wildman–Crippen MR) is 73.5 cm³/mol. The normalized spacial score (nSPS) is 11.2. The average Bonchev–Trinajstić information content (AvgIpc) is 2.95. The van der Waals surface area contributed by atoms with Gasteiger partial charge in [0.2, 0.25) is 0 Å². The first-order valence-corrected chi connectivity index (χ1v) is 6.15. The van der Waals surface area contributed by atoms with Gasteiger partial charge in [0.05, 0.1) is 12.0 Å². The number of hydrogen-bond donors (Lipinski definition) is 2.